The van der Waals surface area contributed by atoms with Crippen molar-refractivity contribution < 1.29 is 9.84 Å². The van der Waals surface area contributed by atoms with Crippen LogP contribution >= 0.6 is 0 Å². The first-order valence-corrected chi connectivity index (χ1v) is 7.46. The van der Waals surface area contributed by atoms with Gasteiger partial charge in [0.25, 0.3) is 0 Å². The maximum atomic E-state index is 9.49. The number of hydrogen-bond acceptors (Lipinski definition) is 6. The van der Waals surface area contributed by atoms with Crippen LogP contribution in [0.25, 0.3) is 11.5 Å². The number of aromatic nitrogens is 3. The summed E-state index contributed by atoms with van der Waals surface area (Å²) in [6, 6.07) is 7.63. The molecule has 0 saturated carbocycles. The molecule has 0 radical (unpaired) electrons. The van der Waals surface area contributed by atoms with Crippen molar-refractivity contribution in [2.75, 3.05) is 31.7 Å². The highest BCUT2D eigenvalue weighted by molar-refractivity contribution is 5.53. The molecule has 22 heavy (non-hydrogen) atoms. The minimum Gasteiger partial charge on any atom is -0.396 e. The van der Waals surface area contributed by atoms with Gasteiger partial charge in [-0.2, -0.15) is 0 Å². The Hall–Kier alpha value is -2.05. The molecule has 3 rings (SSSR count). The highest BCUT2D eigenvalue weighted by Crippen LogP contribution is 2.27. The van der Waals surface area contributed by atoms with Crippen molar-refractivity contribution in [3.63, 3.8) is 0 Å². The molecule has 3 heterocycles. The lowest BCUT2D eigenvalue weighted by Crippen LogP contribution is -2.50. The van der Waals surface area contributed by atoms with Crippen LogP contribution in [0.1, 0.15) is 12.6 Å². The minimum atomic E-state index is -0.192. The first-order valence-electron chi connectivity index (χ1n) is 7.46. The number of aryl methyl sites for hydroxylation is 1. The normalized spacial score (nSPS) is 16.1. The maximum Gasteiger partial charge on any atom is 0.180 e. The van der Waals surface area contributed by atoms with Gasteiger partial charge >= 0.3 is 0 Å². The molecule has 0 aromatic carbocycles. The maximum absolute atomic E-state index is 9.49. The van der Waals surface area contributed by atoms with Crippen LogP contribution in [0.4, 0.5) is 5.82 Å². The van der Waals surface area contributed by atoms with Crippen LogP contribution < -0.4 is 5.32 Å². The molecule has 6 nitrogen and oxygen atoms in total. The average molecular weight is 300 g/mol. The quantitative estimate of drug-likeness (QED) is 0.842. The van der Waals surface area contributed by atoms with Gasteiger partial charge < -0.3 is 15.2 Å². The van der Waals surface area contributed by atoms with Gasteiger partial charge in [-0.25, -0.2) is 9.97 Å². The van der Waals surface area contributed by atoms with Gasteiger partial charge in [0.2, 0.25) is 0 Å². The zero-order valence-electron chi connectivity index (χ0n) is 12.6. The van der Waals surface area contributed by atoms with Gasteiger partial charge in [0.05, 0.1) is 25.2 Å². The summed E-state index contributed by atoms with van der Waals surface area (Å²) in [4.78, 5) is 13.4. The van der Waals surface area contributed by atoms with Crippen molar-refractivity contribution in [2.45, 2.75) is 13.3 Å². The largest absolute Gasteiger partial charge is 0.396 e. The van der Waals surface area contributed by atoms with E-state index in [4.69, 9.17) is 4.74 Å². The predicted octanol–water partition coefficient (Wildman–Crippen LogP) is 1.52. The van der Waals surface area contributed by atoms with Crippen LogP contribution in [0.3, 0.4) is 0 Å². The summed E-state index contributed by atoms with van der Waals surface area (Å²) in [5, 5.41) is 12.8. The Labute approximate surface area is 129 Å². The van der Waals surface area contributed by atoms with Crippen LogP contribution in [0, 0.1) is 5.41 Å². The summed E-state index contributed by atoms with van der Waals surface area (Å²) in [5.41, 5.74) is 1.52. The summed E-state index contributed by atoms with van der Waals surface area (Å²) in [5.74, 6) is 1.37. The Bertz CT molecular complexity index is 624. The molecule has 0 spiro atoms. The fourth-order valence-corrected chi connectivity index (χ4v) is 2.30. The van der Waals surface area contributed by atoms with E-state index in [0.717, 1.165) is 23.6 Å². The van der Waals surface area contributed by atoms with Crippen molar-refractivity contribution in [3.05, 3.63) is 36.2 Å². The van der Waals surface area contributed by atoms with E-state index >= 15 is 0 Å². The minimum absolute atomic E-state index is 0.110. The number of ether oxygens (including phenoxy) is 1. The van der Waals surface area contributed by atoms with E-state index in [0.29, 0.717) is 25.6 Å². The standard InChI is InChI=1S/C16H20N4O2/c1-2-12-7-14(18-8-16(9-21)10-22-11-16)20-15(19-12)13-5-3-4-6-17-13/h3-7,21H,2,8-11H2,1H3,(H,18,19,20). The number of hydrogen-bond donors (Lipinski definition) is 2. The van der Waals surface area contributed by atoms with E-state index in [-0.39, 0.29) is 12.0 Å². The number of aliphatic hydroxyl groups is 1. The number of rotatable bonds is 6. The third kappa shape index (κ3) is 3.08. The Kier molecular flexibility index (Phi) is 4.31. The van der Waals surface area contributed by atoms with Crippen LogP contribution in [0.2, 0.25) is 0 Å². The third-order valence-electron chi connectivity index (χ3n) is 3.83. The smallest absolute Gasteiger partial charge is 0.180 e. The molecule has 1 aliphatic heterocycles. The SMILES string of the molecule is CCc1cc(NCC2(CO)COC2)nc(-c2ccccn2)n1. The zero-order chi connectivity index (χ0) is 15.4. The van der Waals surface area contributed by atoms with Crippen molar-refractivity contribution >= 4 is 5.82 Å². The summed E-state index contributed by atoms with van der Waals surface area (Å²) >= 11 is 0. The van der Waals surface area contributed by atoms with Crippen molar-refractivity contribution in [1.29, 1.82) is 0 Å². The van der Waals surface area contributed by atoms with Gasteiger partial charge in [-0.1, -0.05) is 13.0 Å². The molecule has 2 N–H and O–H groups in total. The molecule has 0 unspecified atom stereocenters. The molecular weight excluding hydrogens is 280 g/mol. The molecule has 1 fully saturated rings. The van der Waals surface area contributed by atoms with Crippen molar-refractivity contribution in [2.24, 2.45) is 5.41 Å². The molecule has 1 aliphatic rings. The Balaban J connectivity index is 1.82. The van der Waals surface area contributed by atoms with Gasteiger partial charge in [0.15, 0.2) is 5.82 Å². The number of pyridine rings is 1. The second-order valence-electron chi connectivity index (χ2n) is 5.64. The lowest BCUT2D eigenvalue weighted by atomic mass is 9.87. The molecule has 1 saturated heterocycles. The van der Waals surface area contributed by atoms with E-state index < -0.39 is 0 Å². The van der Waals surface area contributed by atoms with Crippen LogP contribution in [0.5, 0.6) is 0 Å². The summed E-state index contributed by atoms with van der Waals surface area (Å²) in [7, 11) is 0. The number of nitrogens with one attached hydrogen (secondary N) is 1. The first kappa shape index (κ1) is 14.9. The number of nitrogens with zero attached hydrogens (tertiary/aromatic N) is 3. The highest BCUT2D eigenvalue weighted by atomic mass is 16.5. The third-order valence-corrected chi connectivity index (χ3v) is 3.83. The van der Waals surface area contributed by atoms with Crippen LogP contribution in [0.15, 0.2) is 30.5 Å². The monoisotopic (exact) mass is 300 g/mol. The Morgan fingerprint density at radius 1 is 1.32 bits per heavy atom. The van der Waals surface area contributed by atoms with E-state index in [1.165, 1.54) is 0 Å². The molecular formula is C16H20N4O2. The van der Waals surface area contributed by atoms with Gasteiger partial charge in [-0.15, -0.1) is 0 Å². The summed E-state index contributed by atoms with van der Waals surface area (Å²) in [6.07, 6.45) is 2.56. The highest BCUT2D eigenvalue weighted by Gasteiger charge is 2.37. The molecule has 116 valence electrons. The van der Waals surface area contributed by atoms with Gasteiger partial charge in [-0.3, -0.25) is 4.98 Å². The molecule has 6 heteroatoms. The zero-order valence-corrected chi connectivity index (χ0v) is 12.6. The van der Waals surface area contributed by atoms with Crippen LogP contribution in [-0.2, 0) is 11.2 Å². The number of anilines is 1. The van der Waals surface area contributed by atoms with E-state index in [1.54, 1.807) is 6.20 Å². The van der Waals surface area contributed by atoms with Crippen LogP contribution in [-0.4, -0.2) is 46.4 Å². The lowest BCUT2D eigenvalue weighted by molar-refractivity contribution is -0.128. The second-order valence-corrected chi connectivity index (χ2v) is 5.64. The molecule has 0 aliphatic carbocycles. The lowest BCUT2D eigenvalue weighted by Gasteiger charge is -2.39. The average Bonchev–Trinajstić information content (AvgIpc) is 2.55. The summed E-state index contributed by atoms with van der Waals surface area (Å²) in [6.45, 7) is 3.96. The Morgan fingerprint density at radius 2 is 2.18 bits per heavy atom. The fourth-order valence-electron chi connectivity index (χ4n) is 2.30. The van der Waals surface area contributed by atoms with Crippen molar-refractivity contribution in [1.82, 2.24) is 15.0 Å². The molecule has 0 atom stereocenters. The predicted molar refractivity (Wildman–Crippen MR) is 83.5 cm³/mol. The van der Waals surface area contributed by atoms with E-state index in [9.17, 15) is 5.11 Å². The van der Waals surface area contributed by atoms with Gasteiger partial charge in [0, 0.05) is 24.5 Å². The molecule has 2 aromatic rings. The topological polar surface area (TPSA) is 80.2 Å². The first-order chi connectivity index (χ1) is 10.7. The molecule has 2 aromatic heterocycles. The van der Waals surface area contributed by atoms with Crippen molar-refractivity contribution in [3.8, 4) is 11.5 Å². The Morgan fingerprint density at radius 3 is 2.77 bits per heavy atom. The second kappa shape index (κ2) is 6.37. The van der Waals surface area contributed by atoms with E-state index in [1.807, 2.05) is 24.3 Å². The van der Waals surface area contributed by atoms with Gasteiger partial charge in [-0.05, 0) is 18.6 Å². The molecule has 0 amide bonds. The molecule has 0 bridgehead atoms. The number of aliphatic hydroxyl groups excluding tert-OH is 1. The van der Waals surface area contributed by atoms with Gasteiger partial charge in [0.1, 0.15) is 11.5 Å². The fraction of sp³-hybridized carbons (Fsp3) is 0.438. The summed E-state index contributed by atoms with van der Waals surface area (Å²) < 4.78 is 5.21. The van der Waals surface area contributed by atoms with E-state index in [2.05, 4.69) is 27.2 Å².